The minimum atomic E-state index is -4.51. The van der Waals surface area contributed by atoms with E-state index in [1.807, 2.05) is 0 Å². The van der Waals surface area contributed by atoms with Crippen LogP contribution >= 0.6 is 0 Å². The van der Waals surface area contributed by atoms with Gasteiger partial charge < -0.3 is 16.0 Å². The number of carbonyl (C=O) groups is 3. The summed E-state index contributed by atoms with van der Waals surface area (Å²) in [6, 6.07) is 12.7. The van der Waals surface area contributed by atoms with Crippen molar-refractivity contribution in [2.45, 2.75) is 19.5 Å². The van der Waals surface area contributed by atoms with E-state index in [-0.39, 0.29) is 24.4 Å². The van der Waals surface area contributed by atoms with Gasteiger partial charge >= 0.3 is 6.18 Å². The van der Waals surface area contributed by atoms with E-state index in [0.717, 1.165) is 0 Å². The number of nitrogens with one attached hydrogen (secondary N) is 3. The molecule has 0 fully saturated rings. The van der Waals surface area contributed by atoms with Crippen LogP contribution in [0, 0.1) is 6.92 Å². The van der Waals surface area contributed by atoms with Crippen molar-refractivity contribution < 1.29 is 27.6 Å². The topological polar surface area (TPSA) is 87.3 Å². The van der Waals surface area contributed by atoms with Crippen molar-refractivity contribution in [3.8, 4) is 0 Å². The fraction of sp³-hybridized carbons (Fsp3) is 0.250. The molecule has 0 aliphatic rings. The van der Waals surface area contributed by atoms with E-state index in [0.29, 0.717) is 16.8 Å². The molecular weight excluding hydrogens is 387 g/mol. The summed E-state index contributed by atoms with van der Waals surface area (Å²) in [5.41, 5.74) is 1.41. The molecule has 0 aliphatic heterocycles. The molecule has 0 heterocycles. The third-order valence-corrected chi connectivity index (χ3v) is 3.90. The van der Waals surface area contributed by atoms with Gasteiger partial charge in [0, 0.05) is 29.8 Å². The number of amides is 3. The molecular formula is C20H20F3N3O3. The number of aryl methyl sites for hydroxylation is 1. The lowest BCUT2D eigenvalue weighted by molar-refractivity contribution is -0.123. The van der Waals surface area contributed by atoms with Crippen LogP contribution in [0.4, 0.5) is 18.9 Å². The lowest BCUT2D eigenvalue weighted by Gasteiger charge is -2.12. The zero-order valence-electron chi connectivity index (χ0n) is 15.6. The number of hydrogen-bond donors (Lipinski definition) is 3. The summed E-state index contributed by atoms with van der Waals surface area (Å²) < 4.78 is 36.7. The molecule has 0 unspecified atom stereocenters. The minimum absolute atomic E-state index is 0.00692. The molecule has 29 heavy (non-hydrogen) atoms. The van der Waals surface area contributed by atoms with Crippen LogP contribution in [0.15, 0.2) is 48.5 Å². The highest BCUT2D eigenvalue weighted by molar-refractivity contribution is 5.98. The molecule has 0 aromatic heterocycles. The van der Waals surface area contributed by atoms with Crippen molar-refractivity contribution in [3.05, 3.63) is 65.2 Å². The van der Waals surface area contributed by atoms with Crippen molar-refractivity contribution in [3.63, 3.8) is 0 Å². The first kappa shape index (κ1) is 21.9. The first-order valence-electron chi connectivity index (χ1n) is 8.74. The van der Waals surface area contributed by atoms with Gasteiger partial charge in [-0.15, -0.1) is 0 Å². The van der Waals surface area contributed by atoms with Crippen LogP contribution in [0.5, 0.6) is 0 Å². The Kier molecular flexibility index (Phi) is 7.35. The van der Waals surface area contributed by atoms with Gasteiger partial charge in [-0.3, -0.25) is 14.4 Å². The SMILES string of the molecule is Cc1ccc(C(=O)NCC(F)(F)F)cc1NC(=O)CCNC(=O)c1ccccc1. The second-order valence-corrected chi connectivity index (χ2v) is 6.25. The van der Waals surface area contributed by atoms with E-state index in [1.165, 1.54) is 18.2 Å². The third-order valence-electron chi connectivity index (χ3n) is 3.90. The maximum Gasteiger partial charge on any atom is 0.405 e. The molecule has 0 saturated carbocycles. The average Bonchev–Trinajstić information content (AvgIpc) is 2.67. The Labute approximate surface area is 165 Å². The molecule has 6 nitrogen and oxygen atoms in total. The van der Waals surface area contributed by atoms with E-state index >= 15 is 0 Å². The Hall–Kier alpha value is -3.36. The summed E-state index contributed by atoms with van der Waals surface area (Å²) in [5, 5.41) is 7.00. The fourth-order valence-corrected chi connectivity index (χ4v) is 2.37. The van der Waals surface area contributed by atoms with Crippen LogP contribution in [0.2, 0.25) is 0 Å². The monoisotopic (exact) mass is 407 g/mol. The lowest BCUT2D eigenvalue weighted by atomic mass is 10.1. The number of carbonyl (C=O) groups excluding carboxylic acids is 3. The van der Waals surface area contributed by atoms with Crippen LogP contribution in [-0.2, 0) is 4.79 Å². The predicted molar refractivity (Wildman–Crippen MR) is 102 cm³/mol. The molecule has 0 bridgehead atoms. The average molecular weight is 407 g/mol. The number of hydrogen-bond acceptors (Lipinski definition) is 3. The summed E-state index contributed by atoms with van der Waals surface area (Å²) in [6.07, 6.45) is -4.52. The van der Waals surface area contributed by atoms with Crippen LogP contribution < -0.4 is 16.0 Å². The van der Waals surface area contributed by atoms with Crippen molar-refractivity contribution in [2.24, 2.45) is 0 Å². The predicted octanol–water partition coefficient (Wildman–Crippen LogP) is 3.05. The van der Waals surface area contributed by atoms with E-state index < -0.39 is 24.5 Å². The van der Waals surface area contributed by atoms with Crippen LogP contribution in [-0.4, -0.2) is 37.0 Å². The lowest BCUT2D eigenvalue weighted by Crippen LogP contribution is -2.33. The molecule has 2 aromatic carbocycles. The number of anilines is 1. The highest BCUT2D eigenvalue weighted by Gasteiger charge is 2.28. The molecule has 3 amide bonds. The van der Waals surface area contributed by atoms with Gasteiger partial charge in [-0.1, -0.05) is 24.3 Å². The molecule has 0 saturated heterocycles. The molecule has 0 atom stereocenters. The largest absolute Gasteiger partial charge is 0.405 e. The summed E-state index contributed by atoms with van der Waals surface area (Å²) >= 11 is 0. The van der Waals surface area contributed by atoms with E-state index in [4.69, 9.17) is 0 Å². The Morgan fingerprint density at radius 3 is 2.21 bits per heavy atom. The van der Waals surface area contributed by atoms with Crippen molar-refractivity contribution in [1.29, 1.82) is 0 Å². The third kappa shape index (κ3) is 7.28. The Morgan fingerprint density at radius 2 is 1.55 bits per heavy atom. The molecule has 154 valence electrons. The van der Waals surface area contributed by atoms with E-state index in [1.54, 1.807) is 42.6 Å². The maximum atomic E-state index is 12.2. The van der Waals surface area contributed by atoms with E-state index in [9.17, 15) is 27.6 Å². The van der Waals surface area contributed by atoms with Gasteiger partial charge in [0.2, 0.25) is 5.91 Å². The molecule has 0 spiro atoms. The second kappa shape index (κ2) is 9.72. The van der Waals surface area contributed by atoms with Crippen LogP contribution in [0.1, 0.15) is 32.7 Å². The molecule has 2 rings (SSSR count). The summed E-state index contributed by atoms with van der Waals surface area (Å²) in [5.74, 6) is -1.61. The van der Waals surface area contributed by atoms with Gasteiger partial charge in [0.25, 0.3) is 11.8 Å². The molecule has 0 aliphatic carbocycles. The molecule has 0 radical (unpaired) electrons. The Balaban J connectivity index is 1.89. The van der Waals surface area contributed by atoms with Gasteiger partial charge in [0.1, 0.15) is 6.54 Å². The summed E-state index contributed by atoms with van der Waals surface area (Å²) in [6.45, 7) is 0.344. The van der Waals surface area contributed by atoms with Gasteiger partial charge in [0.05, 0.1) is 0 Å². The smallest absolute Gasteiger partial charge is 0.352 e. The zero-order chi connectivity index (χ0) is 21.4. The summed E-state index contributed by atoms with van der Waals surface area (Å²) in [7, 11) is 0. The van der Waals surface area contributed by atoms with E-state index in [2.05, 4.69) is 10.6 Å². The van der Waals surface area contributed by atoms with Gasteiger partial charge in [0.15, 0.2) is 0 Å². The van der Waals surface area contributed by atoms with Crippen LogP contribution in [0.3, 0.4) is 0 Å². The summed E-state index contributed by atoms with van der Waals surface area (Å²) in [4.78, 5) is 35.9. The number of benzene rings is 2. The number of alkyl halides is 3. The van der Waals surface area contributed by atoms with Gasteiger partial charge in [-0.2, -0.15) is 13.2 Å². The van der Waals surface area contributed by atoms with Crippen LogP contribution in [0.25, 0.3) is 0 Å². The first-order valence-corrected chi connectivity index (χ1v) is 8.74. The number of halogens is 3. The fourth-order valence-electron chi connectivity index (χ4n) is 2.37. The standard InChI is InChI=1S/C20H20F3N3O3/c1-13-7-8-15(19(29)25-12-20(21,22)23)11-16(13)26-17(27)9-10-24-18(28)14-5-3-2-4-6-14/h2-8,11H,9-10,12H2,1H3,(H,24,28)(H,25,29)(H,26,27). The minimum Gasteiger partial charge on any atom is -0.352 e. The second-order valence-electron chi connectivity index (χ2n) is 6.25. The maximum absolute atomic E-state index is 12.2. The van der Waals surface area contributed by atoms with Crippen molar-refractivity contribution in [2.75, 3.05) is 18.4 Å². The normalized spacial score (nSPS) is 10.9. The quantitative estimate of drug-likeness (QED) is 0.659. The zero-order valence-corrected chi connectivity index (χ0v) is 15.6. The Morgan fingerprint density at radius 1 is 0.897 bits per heavy atom. The highest BCUT2D eigenvalue weighted by Crippen LogP contribution is 2.18. The highest BCUT2D eigenvalue weighted by atomic mass is 19.4. The van der Waals surface area contributed by atoms with Crippen molar-refractivity contribution >= 4 is 23.4 Å². The van der Waals surface area contributed by atoms with Crippen molar-refractivity contribution in [1.82, 2.24) is 10.6 Å². The van der Waals surface area contributed by atoms with Gasteiger partial charge in [-0.05, 0) is 36.8 Å². The van der Waals surface area contributed by atoms with Gasteiger partial charge in [-0.25, -0.2) is 0 Å². The number of rotatable bonds is 7. The Bertz CT molecular complexity index is 884. The molecule has 9 heteroatoms. The first-order chi connectivity index (χ1) is 13.7. The molecule has 3 N–H and O–H groups in total. The molecule has 2 aromatic rings.